The first-order valence-corrected chi connectivity index (χ1v) is 4.91. The zero-order valence-corrected chi connectivity index (χ0v) is 9.05. The van der Waals surface area contributed by atoms with Crippen LogP contribution in [-0.2, 0) is 0 Å². The Hall–Kier alpha value is -1.20. The lowest BCUT2D eigenvalue weighted by molar-refractivity contribution is 0.404. The molecule has 0 radical (unpaired) electrons. The smallest absolute Gasteiger partial charge is 0.121 e. The van der Waals surface area contributed by atoms with Gasteiger partial charge in [-0.1, -0.05) is 0 Å². The predicted molar refractivity (Wildman–Crippen MR) is 57.9 cm³/mol. The van der Waals surface area contributed by atoms with Crippen LogP contribution in [0.3, 0.4) is 0 Å². The van der Waals surface area contributed by atoms with Crippen molar-refractivity contribution in [3.8, 4) is 11.8 Å². The van der Waals surface area contributed by atoms with Gasteiger partial charge in [-0.15, -0.1) is 11.8 Å². The second-order valence-corrected chi connectivity index (χ2v) is 3.26. The van der Waals surface area contributed by atoms with Gasteiger partial charge in [0.15, 0.2) is 0 Å². The molecule has 1 aromatic heterocycles. The van der Waals surface area contributed by atoms with Crippen LogP contribution >= 0.6 is 0 Å². The van der Waals surface area contributed by atoms with Crippen molar-refractivity contribution in [2.24, 2.45) is 0 Å². The standard InChI is InChI=1S/C12H17NO/c1-4-5-6-7-11(13-3)12-9-8-10(2)14-12/h8-9,11,13H,6-7H2,1-3H3. The molecule has 0 aliphatic carbocycles. The maximum atomic E-state index is 5.56. The molecule has 0 saturated carbocycles. The minimum Gasteiger partial charge on any atom is -0.465 e. The molecule has 0 aliphatic rings. The Balaban J connectivity index is 2.56. The molecule has 1 aromatic rings. The van der Waals surface area contributed by atoms with Crippen LogP contribution in [0, 0.1) is 18.8 Å². The minimum absolute atomic E-state index is 0.282. The quantitative estimate of drug-likeness (QED) is 0.740. The van der Waals surface area contributed by atoms with E-state index in [-0.39, 0.29) is 6.04 Å². The van der Waals surface area contributed by atoms with Gasteiger partial charge in [-0.3, -0.25) is 0 Å². The molecule has 1 unspecified atom stereocenters. The largest absolute Gasteiger partial charge is 0.465 e. The van der Waals surface area contributed by atoms with Crippen molar-refractivity contribution in [2.45, 2.75) is 32.7 Å². The maximum absolute atomic E-state index is 5.56. The second kappa shape index (κ2) is 5.51. The van der Waals surface area contributed by atoms with Gasteiger partial charge in [-0.2, -0.15) is 0 Å². The van der Waals surface area contributed by atoms with Gasteiger partial charge in [0.25, 0.3) is 0 Å². The summed E-state index contributed by atoms with van der Waals surface area (Å²) in [5.41, 5.74) is 0. The molecule has 1 heterocycles. The normalized spacial score (nSPS) is 11.9. The van der Waals surface area contributed by atoms with Gasteiger partial charge >= 0.3 is 0 Å². The molecule has 2 nitrogen and oxygen atoms in total. The Bertz CT molecular complexity index is 330. The molecule has 0 spiro atoms. The predicted octanol–water partition coefficient (Wildman–Crippen LogP) is 2.65. The topological polar surface area (TPSA) is 25.2 Å². The summed E-state index contributed by atoms with van der Waals surface area (Å²) in [4.78, 5) is 0. The van der Waals surface area contributed by atoms with Gasteiger partial charge in [0.2, 0.25) is 0 Å². The van der Waals surface area contributed by atoms with Crippen molar-refractivity contribution in [3.05, 3.63) is 23.7 Å². The molecule has 0 aliphatic heterocycles. The molecule has 1 N–H and O–H groups in total. The van der Waals surface area contributed by atoms with Crippen LogP contribution in [0.2, 0.25) is 0 Å². The molecule has 1 atom stereocenters. The highest BCUT2D eigenvalue weighted by molar-refractivity contribution is 5.10. The maximum Gasteiger partial charge on any atom is 0.121 e. The minimum atomic E-state index is 0.282. The first kappa shape index (κ1) is 10.9. The fourth-order valence-corrected chi connectivity index (χ4v) is 1.41. The van der Waals surface area contributed by atoms with E-state index in [0.717, 1.165) is 24.4 Å². The van der Waals surface area contributed by atoms with Gasteiger partial charge in [0.05, 0.1) is 6.04 Å². The van der Waals surface area contributed by atoms with Crippen molar-refractivity contribution in [1.82, 2.24) is 5.32 Å². The SMILES string of the molecule is CC#CCCC(NC)c1ccc(C)o1. The van der Waals surface area contributed by atoms with Crippen LogP contribution < -0.4 is 5.32 Å². The highest BCUT2D eigenvalue weighted by Gasteiger charge is 2.11. The van der Waals surface area contributed by atoms with E-state index < -0.39 is 0 Å². The van der Waals surface area contributed by atoms with Crippen LogP contribution in [0.5, 0.6) is 0 Å². The third kappa shape index (κ3) is 2.93. The van der Waals surface area contributed by atoms with E-state index in [9.17, 15) is 0 Å². The average molecular weight is 191 g/mol. The Labute approximate surface area is 85.7 Å². The summed E-state index contributed by atoms with van der Waals surface area (Å²) in [5, 5.41) is 3.23. The van der Waals surface area contributed by atoms with Crippen LogP contribution in [0.15, 0.2) is 16.5 Å². The van der Waals surface area contributed by atoms with Crippen molar-refractivity contribution in [2.75, 3.05) is 7.05 Å². The molecule has 0 fully saturated rings. The molecule has 14 heavy (non-hydrogen) atoms. The first-order chi connectivity index (χ1) is 6.77. The molecular formula is C12H17NO. The summed E-state index contributed by atoms with van der Waals surface area (Å²) >= 11 is 0. The fraction of sp³-hybridized carbons (Fsp3) is 0.500. The van der Waals surface area contributed by atoms with Gasteiger partial charge in [0, 0.05) is 6.42 Å². The lowest BCUT2D eigenvalue weighted by Crippen LogP contribution is -2.15. The highest BCUT2D eigenvalue weighted by Crippen LogP contribution is 2.19. The van der Waals surface area contributed by atoms with E-state index in [1.54, 1.807) is 0 Å². The Morgan fingerprint density at radius 3 is 2.79 bits per heavy atom. The van der Waals surface area contributed by atoms with E-state index in [0.29, 0.717) is 0 Å². The highest BCUT2D eigenvalue weighted by atomic mass is 16.3. The van der Waals surface area contributed by atoms with E-state index in [1.165, 1.54) is 0 Å². The summed E-state index contributed by atoms with van der Waals surface area (Å²) < 4.78 is 5.56. The molecule has 0 amide bonds. The summed E-state index contributed by atoms with van der Waals surface area (Å²) in [7, 11) is 1.95. The monoisotopic (exact) mass is 191 g/mol. The molecule has 76 valence electrons. The van der Waals surface area contributed by atoms with Crippen molar-refractivity contribution in [1.29, 1.82) is 0 Å². The van der Waals surface area contributed by atoms with Gasteiger partial charge in [0.1, 0.15) is 11.5 Å². The number of nitrogens with one attached hydrogen (secondary N) is 1. The Morgan fingerprint density at radius 1 is 1.50 bits per heavy atom. The molecule has 1 rings (SSSR count). The number of aryl methyl sites for hydroxylation is 1. The zero-order chi connectivity index (χ0) is 10.4. The number of hydrogen-bond donors (Lipinski definition) is 1. The van der Waals surface area contributed by atoms with Crippen molar-refractivity contribution in [3.63, 3.8) is 0 Å². The van der Waals surface area contributed by atoms with E-state index in [1.807, 2.05) is 33.0 Å². The number of hydrogen-bond acceptors (Lipinski definition) is 2. The molecule has 0 bridgehead atoms. The summed E-state index contributed by atoms with van der Waals surface area (Å²) in [6, 6.07) is 4.30. The van der Waals surface area contributed by atoms with Crippen LogP contribution in [0.25, 0.3) is 0 Å². The van der Waals surface area contributed by atoms with Crippen molar-refractivity contribution >= 4 is 0 Å². The Kier molecular flexibility index (Phi) is 4.28. The number of rotatable bonds is 4. The fourth-order valence-electron chi connectivity index (χ4n) is 1.41. The van der Waals surface area contributed by atoms with E-state index >= 15 is 0 Å². The van der Waals surface area contributed by atoms with E-state index in [4.69, 9.17) is 4.42 Å². The first-order valence-electron chi connectivity index (χ1n) is 4.91. The number of furan rings is 1. The lowest BCUT2D eigenvalue weighted by atomic mass is 10.1. The average Bonchev–Trinajstić information content (AvgIpc) is 2.60. The summed E-state index contributed by atoms with van der Waals surface area (Å²) in [6.07, 6.45) is 1.89. The van der Waals surface area contributed by atoms with E-state index in [2.05, 4.69) is 17.2 Å². The Morgan fingerprint density at radius 2 is 2.29 bits per heavy atom. The second-order valence-electron chi connectivity index (χ2n) is 3.26. The van der Waals surface area contributed by atoms with Crippen molar-refractivity contribution < 1.29 is 4.42 Å². The molecule has 2 heteroatoms. The lowest BCUT2D eigenvalue weighted by Gasteiger charge is -2.11. The van der Waals surface area contributed by atoms with Crippen LogP contribution in [0.1, 0.15) is 37.3 Å². The third-order valence-corrected chi connectivity index (χ3v) is 2.19. The third-order valence-electron chi connectivity index (χ3n) is 2.19. The van der Waals surface area contributed by atoms with Gasteiger partial charge in [-0.25, -0.2) is 0 Å². The van der Waals surface area contributed by atoms with Crippen LogP contribution in [0.4, 0.5) is 0 Å². The molecule has 0 aromatic carbocycles. The molecule has 0 saturated heterocycles. The summed E-state index contributed by atoms with van der Waals surface area (Å²) in [6.45, 7) is 3.83. The van der Waals surface area contributed by atoms with Gasteiger partial charge in [-0.05, 0) is 39.4 Å². The zero-order valence-electron chi connectivity index (χ0n) is 9.05. The molecular weight excluding hydrogens is 174 g/mol. The van der Waals surface area contributed by atoms with Crippen LogP contribution in [-0.4, -0.2) is 7.05 Å². The summed E-state index contributed by atoms with van der Waals surface area (Å²) in [5.74, 6) is 7.92. The van der Waals surface area contributed by atoms with Gasteiger partial charge < -0.3 is 9.73 Å².